The molecule has 140 valence electrons. The minimum absolute atomic E-state index is 0.209. The fourth-order valence-electron chi connectivity index (χ4n) is 3.32. The van der Waals surface area contributed by atoms with Crippen LogP contribution in [0.1, 0.15) is 12.5 Å². The molecule has 0 bridgehead atoms. The molecule has 0 saturated carbocycles. The second-order valence-electron chi connectivity index (χ2n) is 6.30. The van der Waals surface area contributed by atoms with Crippen LogP contribution in [0.4, 0.5) is 14.9 Å². The predicted molar refractivity (Wildman–Crippen MR) is 103 cm³/mol. The summed E-state index contributed by atoms with van der Waals surface area (Å²) < 4.78 is 16.1. The number of nitrogens with one attached hydrogen (secondary N) is 1. The highest BCUT2D eigenvalue weighted by atomic mass is 19.1. The molecular formula is C21H16FN3O3. The Balaban J connectivity index is 1.83. The van der Waals surface area contributed by atoms with E-state index in [0.717, 1.165) is 17.0 Å². The molecule has 4 rings (SSSR count). The van der Waals surface area contributed by atoms with Gasteiger partial charge in [0.1, 0.15) is 11.4 Å². The molecule has 1 N–H and O–H groups in total. The second-order valence-corrected chi connectivity index (χ2v) is 6.30. The summed E-state index contributed by atoms with van der Waals surface area (Å²) in [4.78, 5) is 38.1. The summed E-state index contributed by atoms with van der Waals surface area (Å²) in [6.07, 6.45) is 3.27. The van der Waals surface area contributed by atoms with Crippen molar-refractivity contribution in [2.45, 2.75) is 13.5 Å². The van der Waals surface area contributed by atoms with E-state index in [2.05, 4.69) is 5.32 Å². The van der Waals surface area contributed by atoms with Gasteiger partial charge in [0.05, 0.1) is 5.69 Å². The number of carbonyl (C=O) groups is 3. The number of aromatic nitrogens is 1. The zero-order valence-electron chi connectivity index (χ0n) is 15.0. The Morgan fingerprint density at radius 1 is 1.04 bits per heavy atom. The summed E-state index contributed by atoms with van der Waals surface area (Å²) >= 11 is 0. The zero-order valence-corrected chi connectivity index (χ0v) is 15.0. The van der Waals surface area contributed by atoms with Gasteiger partial charge in [0, 0.05) is 29.2 Å². The van der Waals surface area contributed by atoms with E-state index in [0.29, 0.717) is 17.0 Å². The first-order valence-corrected chi connectivity index (χ1v) is 8.75. The number of nitrogens with zero attached hydrogens (tertiary/aromatic N) is 2. The molecule has 3 aromatic rings. The number of aryl methyl sites for hydroxylation is 1. The lowest BCUT2D eigenvalue weighted by Crippen LogP contribution is -2.54. The number of hydrogen-bond donors (Lipinski definition) is 1. The minimum atomic E-state index is -0.978. The maximum Gasteiger partial charge on any atom is 0.336 e. The number of hydrogen-bond acceptors (Lipinski definition) is 3. The molecule has 1 fully saturated rings. The van der Waals surface area contributed by atoms with Gasteiger partial charge in [-0.1, -0.05) is 30.3 Å². The van der Waals surface area contributed by atoms with Crippen LogP contribution in [0.15, 0.2) is 60.3 Å². The van der Waals surface area contributed by atoms with E-state index in [1.807, 2.05) is 42.0 Å². The largest absolute Gasteiger partial charge is 0.347 e. The number of rotatable bonds is 3. The van der Waals surface area contributed by atoms with Gasteiger partial charge >= 0.3 is 6.03 Å². The molecule has 7 heteroatoms. The molecule has 4 amide bonds. The van der Waals surface area contributed by atoms with Crippen molar-refractivity contribution in [2.24, 2.45) is 0 Å². The van der Waals surface area contributed by atoms with Crippen molar-refractivity contribution in [2.75, 3.05) is 4.90 Å². The summed E-state index contributed by atoms with van der Waals surface area (Å²) in [7, 11) is 0. The van der Waals surface area contributed by atoms with Crippen molar-refractivity contribution < 1.29 is 18.8 Å². The van der Waals surface area contributed by atoms with Crippen LogP contribution in [0.3, 0.4) is 0 Å². The summed E-state index contributed by atoms with van der Waals surface area (Å²) in [5, 5.41) is 2.98. The van der Waals surface area contributed by atoms with Gasteiger partial charge in [-0.05, 0) is 31.2 Å². The Labute approximate surface area is 159 Å². The van der Waals surface area contributed by atoms with Crippen LogP contribution in [0, 0.1) is 5.82 Å². The molecule has 0 radical (unpaired) electrons. The third-order valence-corrected chi connectivity index (χ3v) is 4.65. The van der Waals surface area contributed by atoms with Crippen LogP contribution in [-0.4, -0.2) is 22.4 Å². The highest BCUT2D eigenvalue weighted by molar-refractivity contribution is 6.39. The maximum absolute atomic E-state index is 14.1. The van der Waals surface area contributed by atoms with E-state index >= 15 is 0 Å². The average molecular weight is 377 g/mol. The highest BCUT2D eigenvalue weighted by Crippen LogP contribution is 2.27. The number of amides is 4. The van der Waals surface area contributed by atoms with Gasteiger partial charge in [0.15, 0.2) is 0 Å². The van der Waals surface area contributed by atoms with E-state index in [1.165, 1.54) is 24.3 Å². The number of anilines is 1. The molecule has 1 saturated heterocycles. The van der Waals surface area contributed by atoms with Gasteiger partial charge in [-0.15, -0.1) is 0 Å². The van der Waals surface area contributed by atoms with Gasteiger partial charge in [0.25, 0.3) is 11.8 Å². The van der Waals surface area contributed by atoms with E-state index in [9.17, 15) is 18.8 Å². The van der Waals surface area contributed by atoms with Crippen molar-refractivity contribution in [3.63, 3.8) is 0 Å². The smallest absolute Gasteiger partial charge is 0.336 e. The normalized spacial score (nSPS) is 16.1. The van der Waals surface area contributed by atoms with Crippen LogP contribution in [0.5, 0.6) is 0 Å². The lowest BCUT2D eigenvalue weighted by Gasteiger charge is -2.26. The monoisotopic (exact) mass is 377 g/mol. The molecule has 0 aliphatic carbocycles. The molecule has 0 spiro atoms. The first-order chi connectivity index (χ1) is 13.5. The Morgan fingerprint density at radius 2 is 1.75 bits per heavy atom. The summed E-state index contributed by atoms with van der Waals surface area (Å²) in [5.74, 6) is -2.41. The second kappa shape index (κ2) is 6.77. The van der Waals surface area contributed by atoms with Crippen molar-refractivity contribution in [1.82, 2.24) is 9.88 Å². The third-order valence-electron chi connectivity index (χ3n) is 4.65. The third kappa shape index (κ3) is 2.77. The fourth-order valence-corrected chi connectivity index (χ4v) is 3.32. The predicted octanol–water partition coefficient (Wildman–Crippen LogP) is 3.47. The van der Waals surface area contributed by atoms with Crippen LogP contribution < -0.4 is 10.2 Å². The molecule has 1 aliphatic rings. The van der Waals surface area contributed by atoms with Crippen LogP contribution in [0.25, 0.3) is 17.0 Å². The number of barbiturate groups is 1. The fraction of sp³-hybridized carbons (Fsp3) is 0.0952. The minimum Gasteiger partial charge on any atom is -0.347 e. The maximum atomic E-state index is 14.1. The van der Waals surface area contributed by atoms with Gasteiger partial charge < -0.3 is 4.57 Å². The molecule has 0 atom stereocenters. The summed E-state index contributed by atoms with van der Waals surface area (Å²) in [6.45, 7) is 2.70. The van der Waals surface area contributed by atoms with E-state index in [1.54, 1.807) is 0 Å². The van der Waals surface area contributed by atoms with Gasteiger partial charge in [0.2, 0.25) is 0 Å². The van der Waals surface area contributed by atoms with Crippen molar-refractivity contribution in [3.8, 4) is 0 Å². The number of halogens is 1. The highest BCUT2D eigenvalue weighted by Gasteiger charge is 2.38. The SMILES string of the molecule is CCn1cc(/C=C2/C(=O)NC(=O)N(c3ccccc3F)C2=O)c2ccccc21. The lowest BCUT2D eigenvalue weighted by atomic mass is 10.1. The van der Waals surface area contributed by atoms with Gasteiger partial charge in [-0.3, -0.25) is 14.9 Å². The van der Waals surface area contributed by atoms with Gasteiger partial charge in [-0.25, -0.2) is 14.1 Å². The molecule has 6 nitrogen and oxygen atoms in total. The first-order valence-electron chi connectivity index (χ1n) is 8.75. The number of urea groups is 1. The quantitative estimate of drug-likeness (QED) is 0.561. The standard InChI is InChI=1S/C21H16FN3O3/c1-2-24-12-13(14-7-3-5-9-17(14)24)11-15-19(26)23-21(28)25(20(15)27)18-10-6-4-8-16(18)22/h3-12H,2H2,1H3,(H,23,26,28)/b15-11-. The van der Waals surface area contributed by atoms with Crippen molar-refractivity contribution >= 4 is 40.5 Å². The molecule has 1 aromatic heterocycles. The van der Waals surface area contributed by atoms with Crippen LogP contribution in [-0.2, 0) is 16.1 Å². The number of imide groups is 2. The first kappa shape index (κ1) is 17.7. The zero-order chi connectivity index (χ0) is 19.8. The molecule has 2 heterocycles. The molecular weight excluding hydrogens is 361 g/mol. The van der Waals surface area contributed by atoms with Crippen LogP contribution in [0.2, 0.25) is 0 Å². The Hall–Kier alpha value is -3.74. The molecule has 1 aliphatic heterocycles. The van der Waals surface area contributed by atoms with Crippen molar-refractivity contribution in [3.05, 3.63) is 71.7 Å². The Kier molecular flexibility index (Phi) is 4.27. The van der Waals surface area contributed by atoms with E-state index in [4.69, 9.17) is 0 Å². The number of benzene rings is 2. The van der Waals surface area contributed by atoms with E-state index in [-0.39, 0.29) is 11.3 Å². The van der Waals surface area contributed by atoms with Crippen LogP contribution >= 0.6 is 0 Å². The average Bonchev–Trinajstić information content (AvgIpc) is 3.04. The Morgan fingerprint density at radius 3 is 2.50 bits per heavy atom. The summed E-state index contributed by atoms with van der Waals surface area (Å²) in [6, 6.07) is 12.0. The molecule has 0 unspecified atom stereocenters. The number of carbonyl (C=O) groups excluding carboxylic acids is 3. The van der Waals surface area contributed by atoms with E-state index < -0.39 is 23.7 Å². The summed E-state index contributed by atoms with van der Waals surface area (Å²) in [5.41, 5.74) is 1.18. The lowest BCUT2D eigenvalue weighted by molar-refractivity contribution is -0.122. The topological polar surface area (TPSA) is 71.4 Å². The Bertz CT molecular complexity index is 1160. The molecule has 2 aromatic carbocycles. The molecule has 28 heavy (non-hydrogen) atoms. The van der Waals surface area contributed by atoms with Crippen molar-refractivity contribution in [1.29, 1.82) is 0 Å². The van der Waals surface area contributed by atoms with Gasteiger partial charge in [-0.2, -0.15) is 0 Å². The number of para-hydroxylation sites is 2. The number of fused-ring (bicyclic) bond motifs is 1.